The minimum absolute atomic E-state index is 0.0760. The van der Waals surface area contributed by atoms with Crippen molar-refractivity contribution >= 4 is 47.0 Å². The number of carbonyl (C=O) groups excluding carboxylic acids is 3. The van der Waals surface area contributed by atoms with E-state index in [9.17, 15) is 19.2 Å². The zero-order chi connectivity index (χ0) is 20.8. The summed E-state index contributed by atoms with van der Waals surface area (Å²) in [5.74, 6) is -1.13. The van der Waals surface area contributed by atoms with Crippen molar-refractivity contribution in [2.24, 2.45) is 11.5 Å². The van der Waals surface area contributed by atoms with Gasteiger partial charge in [-0.2, -0.15) is 0 Å². The van der Waals surface area contributed by atoms with E-state index in [0.29, 0.717) is 5.75 Å². The van der Waals surface area contributed by atoms with Gasteiger partial charge < -0.3 is 26.0 Å². The average molecular weight is 429 g/mol. The summed E-state index contributed by atoms with van der Waals surface area (Å²) in [6, 6.07) is 1.77. The molecule has 28 heavy (non-hydrogen) atoms. The lowest BCUT2D eigenvalue weighted by molar-refractivity contribution is -0.161. The van der Waals surface area contributed by atoms with Gasteiger partial charge in [0, 0.05) is 23.3 Å². The van der Waals surface area contributed by atoms with E-state index < -0.39 is 24.1 Å². The Labute approximate surface area is 168 Å². The molecule has 3 amide bonds. The Morgan fingerprint density at radius 3 is 2.64 bits per heavy atom. The predicted octanol–water partition coefficient (Wildman–Crippen LogP) is 0.256. The lowest BCUT2D eigenvalue weighted by atomic mass is 10.1. The molecule has 152 valence electrons. The van der Waals surface area contributed by atoms with Crippen LogP contribution in [0, 0.1) is 0 Å². The number of carboxylic acids is 1. The van der Waals surface area contributed by atoms with Crippen LogP contribution in [0.5, 0.6) is 0 Å². The third-order valence-corrected chi connectivity index (χ3v) is 5.93. The SMILES string of the molecule is CO[C@@H]1C(=O)N2C(C(=O)O)=CCS[C@@H]12.NC(=O)Cc1sccc1COC(N)=O. The number of nitrogens with zero attached hydrogens (tertiary/aromatic N) is 1. The second-order valence-corrected chi connectivity index (χ2v) is 7.75. The van der Waals surface area contributed by atoms with Crippen LogP contribution >= 0.6 is 23.1 Å². The number of ether oxygens (including phenoxy) is 2. The van der Waals surface area contributed by atoms with Crippen LogP contribution in [0.3, 0.4) is 0 Å². The normalized spacial score (nSPS) is 20.1. The summed E-state index contributed by atoms with van der Waals surface area (Å²) in [6.45, 7) is 0.0848. The molecule has 1 aromatic rings. The highest BCUT2D eigenvalue weighted by Crippen LogP contribution is 2.38. The molecule has 0 radical (unpaired) electrons. The maximum atomic E-state index is 11.4. The summed E-state index contributed by atoms with van der Waals surface area (Å²) in [7, 11) is 1.46. The molecule has 0 bridgehead atoms. The maximum Gasteiger partial charge on any atom is 0.404 e. The van der Waals surface area contributed by atoms with Gasteiger partial charge in [0.25, 0.3) is 5.91 Å². The maximum absolute atomic E-state index is 11.4. The fraction of sp³-hybridized carbons (Fsp3) is 0.375. The van der Waals surface area contributed by atoms with Crippen molar-refractivity contribution in [3.63, 3.8) is 0 Å². The largest absolute Gasteiger partial charge is 0.477 e. The van der Waals surface area contributed by atoms with E-state index >= 15 is 0 Å². The number of thioether (sulfide) groups is 1. The molecule has 3 heterocycles. The van der Waals surface area contributed by atoms with Gasteiger partial charge >= 0.3 is 12.1 Å². The van der Waals surface area contributed by atoms with Crippen molar-refractivity contribution in [3.8, 4) is 0 Å². The molecule has 0 saturated carbocycles. The first-order valence-corrected chi connectivity index (χ1v) is 9.85. The summed E-state index contributed by atoms with van der Waals surface area (Å²) in [5.41, 5.74) is 10.7. The van der Waals surface area contributed by atoms with Crippen LogP contribution in [0.25, 0.3) is 0 Å². The van der Waals surface area contributed by atoms with Crippen molar-refractivity contribution in [3.05, 3.63) is 33.7 Å². The molecule has 1 saturated heterocycles. The fourth-order valence-electron chi connectivity index (χ4n) is 2.54. The average Bonchev–Trinajstić information content (AvgIpc) is 3.06. The second-order valence-electron chi connectivity index (χ2n) is 5.60. The van der Waals surface area contributed by atoms with Crippen LogP contribution in [-0.2, 0) is 36.9 Å². The van der Waals surface area contributed by atoms with Gasteiger partial charge in [-0.05, 0) is 17.5 Å². The minimum Gasteiger partial charge on any atom is -0.477 e. The highest BCUT2D eigenvalue weighted by Gasteiger charge is 2.52. The Morgan fingerprint density at radius 1 is 1.36 bits per heavy atom. The summed E-state index contributed by atoms with van der Waals surface area (Å²) in [6.07, 6.45) is 0.395. The lowest BCUT2D eigenvalue weighted by Gasteiger charge is -2.47. The van der Waals surface area contributed by atoms with E-state index in [1.165, 1.54) is 35.1 Å². The van der Waals surface area contributed by atoms with Gasteiger partial charge in [-0.25, -0.2) is 9.59 Å². The molecule has 0 spiro atoms. The molecule has 0 unspecified atom stereocenters. The molecular weight excluding hydrogens is 410 g/mol. The Balaban J connectivity index is 0.000000200. The van der Waals surface area contributed by atoms with E-state index in [4.69, 9.17) is 21.3 Å². The molecule has 2 aliphatic heterocycles. The van der Waals surface area contributed by atoms with Gasteiger partial charge in [0.05, 0.1) is 6.42 Å². The number of carbonyl (C=O) groups is 4. The number of aliphatic carboxylic acids is 1. The highest BCUT2D eigenvalue weighted by atomic mass is 32.2. The Kier molecular flexibility index (Phi) is 7.43. The molecule has 0 aliphatic carbocycles. The number of methoxy groups -OCH3 is 1. The Bertz CT molecular complexity index is 808. The number of primary amides is 2. The van der Waals surface area contributed by atoms with Crippen molar-refractivity contribution in [1.82, 2.24) is 4.90 Å². The second kappa shape index (κ2) is 9.57. The molecular formula is C16H19N3O7S2. The van der Waals surface area contributed by atoms with Gasteiger partial charge in [0.1, 0.15) is 17.7 Å². The zero-order valence-electron chi connectivity index (χ0n) is 14.8. The smallest absolute Gasteiger partial charge is 0.404 e. The number of rotatable bonds is 6. The molecule has 0 aromatic carbocycles. The van der Waals surface area contributed by atoms with Gasteiger partial charge in [-0.1, -0.05) is 0 Å². The number of nitrogens with two attached hydrogens (primary N) is 2. The number of thiophene rings is 1. The van der Waals surface area contributed by atoms with E-state index in [2.05, 4.69) is 4.74 Å². The van der Waals surface area contributed by atoms with Crippen LogP contribution in [0.2, 0.25) is 0 Å². The fourth-order valence-corrected chi connectivity index (χ4v) is 4.67. The summed E-state index contributed by atoms with van der Waals surface area (Å²) < 4.78 is 9.57. The first kappa shape index (κ1) is 21.7. The first-order valence-electron chi connectivity index (χ1n) is 7.93. The van der Waals surface area contributed by atoms with Gasteiger partial charge in [-0.3, -0.25) is 14.5 Å². The van der Waals surface area contributed by atoms with E-state index in [0.717, 1.165) is 10.4 Å². The van der Waals surface area contributed by atoms with Crippen LogP contribution in [-0.4, -0.2) is 58.2 Å². The number of carboxylic acid groups (broad SMARTS) is 1. The molecule has 2 atom stereocenters. The number of amides is 3. The van der Waals surface area contributed by atoms with Crippen molar-refractivity contribution in [2.45, 2.75) is 24.5 Å². The summed E-state index contributed by atoms with van der Waals surface area (Å²) in [5, 5.41) is 10.5. The topological polar surface area (TPSA) is 162 Å². The van der Waals surface area contributed by atoms with Crippen molar-refractivity contribution < 1.29 is 33.8 Å². The molecule has 2 aliphatic rings. The molecule has 3 rings (SSSR count). The van der Waals surface area contributed by atoms with Crippen LogP contribution in [0.4, 0.5) is 4.79 Å². The summed E-state index contributed by atoms with van der Waals surface area (Å²) >= 11 is 2.91. The molecule has 12 heteroatoms. The standard InChI is InChI=1S/C8H10N2O3S.C8H9NO4S/c9-7(11)3-6-5(1-2-14-6)4-13-8(10)12;1-13-5-6(10)9-4(8(11)12)2-3-14-7(5)9/h1-2H,3-4H2,(H2,9,11)(H2,10,12);2,5,7H,3H2,1H3,(H,11,12)/t;5-,7+/m.1/s1. The number of fused-ring (bicyclic) bond motifs is 1. The van der Waals surface area contributed by atoms with Gasteiger partial charge in [-0.15, -0.1) is 23.1 Å². The van der Waals surface area contributed by atoms with Crippen molar-refractivity contribution in [2.75, 3.05) is 12.9 Å². The highest BCUT2D eigenvalue weighted by molar-refractivity contribution is 8.00. The zero-order valence-corrected chi connectivity index (χ0v) is 16.5. The van der Waals surface area contributed by atoms with Gasteiger partial charge in [0.15, 0.2) is 6.10 Å². The quantitative estimate of drug-likeness (QED) is 0.542. The van der Waals surface area contributed by atoms with Crippen LogP contribution in [0.15, 0.2) is 23.2 Å². The van der Waals surface area contributed by atoms with Crippen LogP contribution in [0.1, 0.15) is 10.4 Å². The van der Waals surface area contributed by atoms with Crippen LogP contribution < -0.4 is 11.5 Å². The number of hydrogen-bond donors (Lipinski definition) is 3. The predicted molar refractivity (Wildman–Crippen MR) is 101 cm³/mol. The first-order chi connectivity index (χ1) is 13.3. The number of hydrogen-bond acceptors (Lipinski definition) is 8. The van der Waals surface area contributed by atoms with E-state index in [1.807, 2.05) is 0 Å². The Hall–Kier alpha value is -2.57. The number of β-lactam (4-membered cyclic amide) rings is 1. The third-order valence-electron chi connectivity index (χ3n) is 3.81. The molecule has 1 aromatic heterocycles. The molecule has 10 nitrogen and oxygen atoms in total. The monoisotopic (exact) mass is 429 g/mol. The Morgan fingerprint density at radius 2 is 2.07 bits per heavy atom. The summed E-state index contributed by atoms with van der Waals surface area (Å²) in [4.78, 5) is 45.3. The van der Waals surface area contributed by atoms with E-state index in [1.54, 1.807) is 17.5 Å². The minimum atomic E-state index is -1.06. The third kappa shape index (κ3) is 5.03. The molecule has 5 N–H and O–H groups in total. The van der Waals surface area contributed by atoms with Gasteiger partial charge in [0.2, 0.25) is 5.91 Å². The lowest BCUT2D eigenvalue weighted by Crippen LogP contribution is -2.65. The van der Waals surface area contributed by atoms with Crippen molar-refractivity contribution in [1.29, 1.82) is 0 Å². The molecule has 1 fully saturated rings. The van der Waals surface area contributed by atoms with E-state index in [-0.39, 0.29) is 30.0 Å².